The number of fused-ring (bicyclic) bond motifs is 1. The number of nitro benzene ring substituents is 1. The molecular weight excluding hydrogens is 483 g/mol. The van der Waals surface area contributed by atoms with Crippen molar-refractivity contribution in [3.05, 3.63) is 61.7 Å². The maximum Gasteiger partial charge on any atom is 0.271 e. The zero-order valence-corrected chi connectivity index (χ0v) is 18.5. The largest absolute Gasteiger partial charge is 0.367 e. The first-order chi connectivity index (χ1) is 13.9. The normalized spacial score (nSPS) is 11.0. The molecule has 29 heavy (non-hydrogen) atoms. The van der Waals surface area contributed by atoms with Crippen molar-refractivity contribution in [2.45, 2.75) is 13.0 Å². The van der Waals surface area contributed by atoms with Crippen LogP contribution < -0.4 is 10.6 Å². The molecule has 0 fully saturated rings. The Hall–Kier alpha value is -2.53. The van der Waals surface area contributed by atoms with Gasteiger partial charge in [0.2, 0.25) is 0 Å². The van der Waals surface area contributed by atoms with Crippen molar-refractivity contribution in [2.24, 2.45) is 0 Å². The van der Waals surface area contributed by atoms with E-state index in [-0.39, 0.29) is 5.69 Å². The van der Waals surface area contributed by atoms with Gasteiger partial charge in [-0.15, -0.1) is 0 Å². The summed E-state index contributed by atoms with van der Waals surface area (Å²) in [5.74, 6) is 1.23. The molecule has 3 aromatic rings. The summed E-state index contributed by atoms with van der Waals surface area (Å²) in [6.45, 7) is 2.28. The second kappa shape index (κ2) is 9.79. The highest BCUT2D eigenvalue weighted by molar-refractivity contribution is 14.1. The van der Waals surface area contributed by atoms with Crippen LogP contribution in [0.5, 0.6) is 0 Å². The van der Waals surface area contributed by atoms with E-state index in [2.05, 4.69) is 72.4 Å². The van der Waals surface area contributed by atoms with Gasteiger partial charge in [-0.1, -0.05) is 12.1 Å². The van der Waals surface area contributed by atoms with Crippen molar-refractivity contribution < 1.29 is 4.92 Å². The van der Waals surface area contributed by atoms with Crippen molar-refractivity contribution in [1.29, 1.82) is 0 Å². The number of hydrogen-bond donors (Lipinski definition) is 2. The van der Waals surface area contributed by atoms with Gasteiger partial charge in [0.25, 0.3) is 5.69 Å². The van der Waals surface area contributed by atoms with Crippen molar-refractivity contribution in [3.8, 4) is 0 Å². The van der Waals surface area contributed by atoms with Crippen LogP contribution in [0, 0.1) is 13.7 Å². The van der Waals surface area contributed by atoms with Gasteiger partial charge < -0.3 is 15.5 Å². The molecule has 0 radical (unpaired) electrons. The molecule has 9 heteroatoms. The fraction of sp³-hybridized carbons (Fsp3) is 0.300. The van der Waals surface area contributed by atoms with Gasteiger partial charge >= 0.3 is 0 Å². The first-order valence-corrected chi connectivity index (χ1v) is 10.3. The Labute approximate surface area is 183 Å². The van der Waals surface area contributed by atoms with E-state index in [0.29, 0.717) is 29.2 Å². The van der Waals surface area contributed by atoms with Crippen molar-refractivity contribution >= 4 is 50.9 Å². The van der Waals surface area contributed by atoms with Crippen molar-refractivity contribution in [3.63, 3.8) is 0 Å². The van der Waals surface area contributed by atoms with Crippen LogP contribution in [0.4, 0.5) is 17.3 Å². The van der Waals surface area contributed by atoms with Gasteiger partial charge in [-0.2, -0.15) is 0 Å². The van der Waals surface area contributed by atoms with Crippen LogP contribution in [0.25, 0.3) is 11.0 Å². The summed E-state index contributed by atoms with van der Waals surface area (Å²) in [6.07, 6.45) is 0.943. The first kappa shape index (κ1) is 21.2. The smallest absolute Gasteiger partial charge is 0.271 e. The van der Waals surface area contributed by atoms with Crippen LogP contribution >= 0.6 is 22.6 Å². The molecule has 1 aromatic heterocycles. The average molecular weight is 506 g/mol. The van der Waals surface area contributed by atoms with Crippen LogP contribution in [0.3, 0.4) is 0 Å². The van der Waals surface area contributed by atoms with Crippen molar-refractivity contribution in [2.75, 3.05) is 37.8 Å². The van der Waals surface area contributed by atoms with Gasteiger partial charge in [0.1, 0.15) is 0 Å². The van der Waals surface area contributed by atoms with Crippen LogP contribution in [0.1, 0.15) is 12.0 Å². The summed E-state index contributed by atoms with van der Waals surface area (Å²) in [6, 6.07) is 12.8. The Kier molecular flexibility index (Phi) is 7.15. The molecule has 0 saturated heterocycles. The number of nitro groups is 1. The quantitative estimate of drug-likeness (QED) is 0.195. The maximum absolute atomic E-state index is 11.1. The molecule has 0 aliphatic heterocycles. The lowest BCUT2D eigenvalue weighted by atomic mass is 10.2. The van der Waals surface area contributed by atoms with E-state index < -0.39 is 4.92 Å². The third-order valence-electron chi connectivity index (χ3n) is 4.31. The minimum atomic E-state index is -0.422. The Balaban J connectivity index is 1.85. The highest BCUT2D eigenvalue weighted by Gasteiger charge is 2.13. The number of hydrogen-bond acceptors (Lipinski definition) is 7. The maximum atomic E-state index is 11.1. The van der Waals surface area contributed by atoms with E-state index in [9.17, 15) is 10.1 Å². The summed E-state index contributed by atoms with van der Waals surface area (Å²) in [5.41, 5.74) is 2.24. The highest BCUT2D eigenvalue weighted by Crippen LogP contribution is 2.25. The van der Waals surface area contributed by atoms with E-state index in [1.54, 1.807) is 6.07 Å². The number of rotatable bonds is 9. The van der Waals surface area contributed by atoms with E-state index in [1.807, 2.05) is 14.1 Å². The van der Waals surface area contributed by atoms with E-state index >= 15 is 0 Å². The molecule has 0 aliphatic rings. The van der Waals surface area contributed by atoms with Gasteiger partial charge in [-0.3, -0.25) is 10.1 Å². The molecular formula is C20H23IN6O2. The summed E-state index contributed by atoms with van der Waals surface area (Å²) in [5, 5.41) is 17.7. The van der Waals surface area contributed by atoms with Gasteiger partial charge in [-0.25, -0.2) is 9.97 Å². The van der Waals surface area contributed by atoms with Crippen LogP contribution in [-0.2, 0) is 6.54 Å². The lowest BCUT2D eigenvalue weighted by molar-refractivity contribution is -0.384. The number of benzene rings is 2. The third kappa shape index (κ3) is 5.97. The van der Waals surface area contributed by atoms with Crippen LogP contribution in [0.2, 0.25) is 0 Å². The molecule has 0 saturated carbocycles. The number of non-ortho nitro benzene ring substituents is 1. The monoisotopic (exact) mass is 506 g/mol. The number of anilines is 2. The zero-order chi connectivity index (χ0) is 20.8. The average Bonchev–Trinajstić information content (AvgIpc) is 2.70. The fourth-order valence-corrected chi connectivity index (χ4v) is 3.15. The Bertz CT molecular complexity index is 994. The van der Waals surface area contributed by atoms with Gasteiger partial charge in [-0.05, 0) is 73.4 Å². The number of halogens is 1. The standard InChI is InChI=1S/C20H23IN6O2/c1-26(2)11-3-10-22-19-20(23-13-14-4-6-15(21)7-5-14)24-17-9-8-16(27(28)29)12-18(17)25-19/h4-9,12H,3,10-11,13H2,1-2H3,(H,22,25)(H,23,24). The number of nitrogens with zero attached hydrogens (tertiary/aromatic N) is 4. The van der Waals surface area contributed by atoms with E-state index in [0.717, 1.165) is 25.1 Å². The van der Waals surface area contributed by atoms with E-state index in [4.69, 9.17) is 0 Å². The number of aromatic nitrogens is 2. The third-order valence-corrected chi connectivity index (χ3v) is 5.03. The zero-order valence-electron chi connectivity index (χ0n) is 16.4. The molecule has 152 valence electrons. The molecule has 0 spiro atoms. The van der Waals surface area contributed by atoms with Crippen LogP contribution in [0.15, 0.2) is 42.5 Å². The molecule has 3 rings (SSSR count). The summed E-state index contributed by atoms with van der Waals surface area (Å²) < 4.78 is 1.18. The fourth-order valence-electron chi connectivity index (χ4n) is 2.79. The minimum Gasteiger partial charge on any atom is -0.367 e. The van der Waals surface area contributed by atoms with Gasteiger partial charge in [0.05, 0.1) is 16.0 Å². The predicted molar refractivity (Wildman–Crippen MR) is 124 cm³/mol. The second-order valence-corrected chi connectivity index (χ2v) is 8.16. The Morgan fingerprint density at radius 2 is 1.72 bits per heavy atom. The van der Waals surface area contributed by atoms with Crippen LogP contribution in [-0.4, -0.2) is 47.0 Å². The molecule has 0 unspecified atom stereocenters. The number of nitrogens with one attached hydrogen (secondary N) is 2. The molecule has 0 amide bonds. The molecule has 0 atom stereocenters. The summed E-state index contributed by atoms with van der Waals surface area (Å²) in [7, 11) is 4.06. The van der Waals surface area contributed by atoms with Gasteiger partial charge in [0.15, 0.2) is 11.6 Å². The predicted octanol–water partition coefficient (Wildman–Crippen LogP) is 4.12. The minimum absolute atomic E-state index is 0.00459. The molecule has 2 N–H and O–H groups in total. The summed E-state index contributed by atoms with van der Waals surface area (Å²) in [4.78, 5) is 22.0. The van der Waals surface area contributed by atoms with E-state index in [1.165, 1.54) is 15.7 Å². The first-order valence-electron chi connectivity index (χ1n) is 9.25. The molecule has 1 heterocycles. The molecule has 0 bridgehead atoms. The Morgan fingerprint density at radius 1 is 1.03 bits per heavy atom. The molecule has 8 nitrogen and oxygen atoms in total. The lowest BCUT2D eigenvalue weighted by Crippen LogP contribution is -2.17. The topological polar surface area (TPSA) is 96.2 Å². The van der Waals surface area contributed by atoms with Crippen molar-refractivity contribution in [1.82, 2.24) is 14.9 Å². The second-order valence-electron chi connectivity index (χ2n) is 6.91. The lowest BCUT2D eigenvalue weighted by Gasteiger charge is -2.14. The Morgan fingerprint density at radius 3 is 2.41 bits per heavy atom. The molecule has 0 aliphatic carbocycles. The molecule has 2 aromatic carbocycles. The SMILES string of the molecule is CN(C)CCCNc1nc2cc([N+](=O)[O-])ccc2nc1NCc1ccc(I)cc1. The summed E-state index contributed by atoms with van der Waals surface area (Å²) >= 11 is 2.28. The highest BCUT2D eigenvalue weighted by atomic mass is 127. The van der Waals surface area contributed by atoms with Gasteiger partial charge in [0, 0.05) is 28.8 Å².